The minimum absolute atomic E-state index is 0.0817. The molecule has 0 unspecified atom stereocenters. The van der Waals surface area contributed by atoms with Crippen molar-refractivity contribution in [1.82, 2.24) is 5.32 Å². The highest BCUT2D eigenvalue weighted by Gasteiger charge is 2.19. The Hall–Kier alpha value is -0.800. The lowest BCUT2D eigenvalue weighted by Gasteiger charge is -2.26. The van der Waals surface area contributed by atoms with Gasteiger partial charge in [-0.2, -0.15) is 0 Å². The Morgan fingerprint density at radius 2 is 2.00 bits per heavy atom. The van der Waals surface area contributed by atoms with Gasteiger partial charge in [0, 0.05) is 12.1 Å². The molecule has 0 aliphatic carbocycles. The molecule has 1 heterocycles. The SMILES string of the molecule is CCC(N)(CC)CNCc1ccc(C)o1. The highest BCUT2D eigenvalue weighted by atomic mass is 16.3. The van der Waals surface area contributed by atoms with E-state index in [2.05, 4.69) is 19.2 Å². The fraction of sp³-hybridized carbons (Fsp3) is 0.667. The van der Waals surface area contributed by atoms with Crippen LogP contribution in [0.4, 0.5) is 0 Å². The van der Waals surface area contributed by atoms with Gasteiger partial charge in [0.1, 0.15) is 11.5 Å². The van der Waals surface area contributed by atoms with E-state index in [1.165, 1.54) is 0 Å². The summed E-state index contributed by atoms with van der Waals surface area (Å²) in [7, 11) is 0. The van der Waals surface area contributed by atoms with Crippen LogP contribution in [0.3, 0.4) is 0 Å². The van der Waals surface area contributed by atoms with E-state index in [1.54, 1.807) is 0 Å². The van der Waals surface area contributed by atoms with Gasteiger partial charge in [-0.3, -0.25) is 0 Å². The van der Waals surface area contributed by atoms with Crippen molar-refractivity contribution in [3.05, 3.63) is 23.7 Å². The third-order valence-corrected chi connectivity index (χ3v) is 2.98. The van der Waals surface area contributed by atoms with Gasteiger partial charge < -0.3 is 15.5 Å². The summed E-state index contributed by atoms with van der Waals surface area (Å²) in [6.45, 7) is 7.80. The molecule has 0 bridgehead atoms. The van der Waals surface area contributed by atoms with Gasteiger partial charge in [0.2, 0.25) is 0 Å². The second-order valence-corrected chi connectivity index (χ2v) is 4.19. The summed E-state index contributed by atoms with van der Waals surface area (Å²) in [5, 5.41) is 3.34. The van der Waals surface area contributed by atoms with Gasteiger partial charge in [-0.25, -0.2) is 0 Å². The number of nitrogens with one attached hydrogen (secondary N) is 1. The molecule has 3 N–H and O–H groups in total. The molecule has 86 valence electrons. The Labute approximate surface area is 92.0 Å². The monoisotopic (exact) mass is 210 g/mol. The first-order chi connectivity index (χ1) is 7.09. The third-order valence-electron chi connectivity index (χ3n) is 2.98. The molecule has 3 nitrogen and oxygen atoms in total. The summed E-state index contributed by atoms with van der Waals surface area (Å²) in [6, 6.07) is 3.98. The molecule has 0 amide bonds. The van der Waals surface area contributed by atoms with E-state index in [9.17, 15) is 0 Å². The summed E-state index contributed by atoms with van der Waals surface area (Å²) in [6.07, 6.45) is 1.99. The third kappa shape index (κ3) is 3.68. The molecular formula is C12H22N2O. The fourth-order valence-corrected chi connectivity index (χ4v) is 1.51. The molecule has 0 saturated carbocycles. The minimum atomic E-state index is -0.0817. The standard InChI is InChI=1S/C12H22N2O/c1-4-12(13,5-2)9-14-8-11-7-6-10(3)15-11/h6-7,14H,4-5,8-9,13H2,1-3H3. The van der Waals surface area contributed by atoms with Crippen LogP contribution in [0, 0.1) is 6.92 Å². The van der Waals surface area contributed by atoms with Crippen LogP contribution in [-0.4, -0.2) is 12.1 Å². The zero-order valence-corrected chi connectivity index (χ0v) is 9.97. The minimum Gasteiger partial charge on any atom is -0.465 e. The molecule has 3 heteroatoms. The van der Waals surface area contributed by atoms with Crippen molar-refractivity contribution in [2.75, 3.05) is 6.54 Å². The molecule has 15 heavy (non-hydrogen) atoms. The van der Waals surface area contributed by atoms with Crippen molar-refractivity contribution in [3.63, 3.8) is 0 Å². The normalized spacial score (nSPS) is 12.0. The molecule has 0 saturated heterocycles. The van der Waals surface area contributed by atoms with Crippen molar-refractivity contribution in [2.24, 2.45) is 5.73 Å². The van der Waals surface area contributed by atoms with Gasteiger partial charge in [-0.15, -0.1) is 0 Å². The molecule has 0 aliphatic heterocycles. The second-order valence-electron chi connectivity index (χ2n) is 4.19. The number of aryl methyl sites for hydroxylation is 1. The van der Waals surface area contributed by atoms with Crippen molar-refractivity contribution >= 4 is 0 Å². The van der Waals surface area contributed by atoms with E-state index in [0.29, 0.717) is 0 Å². The molecule has 0 aromatic carbocycles. The number of hydrogen-bond acceptors (Lipinski definition) is 3. The van der Waals surface area contributed by atoms with Crippen LogP contribution in [0.5, 0.6) is 0 Å². The first kappa shape index (κ1) is 12.3. The number of hydrogen-bond donors (Lipinski definition) is 2. The summed E-state index contributed by atoms with van der Waals surface area (Å²) < 4.78 is 5.46. The molecule has 0 atom stereocenters. The molecule has 1 aromatic rings. The average Bonchev–Trinajstić information content (AvgIpc) is 2.64. The quantitative estimate of drug-likeness (QED) is 0.756. The van der Waals surface area contributed by atoms with Gasteiger partial charge in [-0.1, -0.05) is 13.8 Å². The maximum absolute atomic E-state index is 6.17. The highest BCUT2D eigenvalue weighted by molar-refractivity contribution is 5.05. The predicted molar refractivity (Wildman–Crippen MR) is 62.7 cm³/mol. The van der Waals surface area contributed by atoms with Crippen LogP contribution in [-0.2, 0) is 6.54 Å². The topological polar surface area (TPSA) is 51.2 Å². The van der Waals surface area contributed by atoms with E-state index in [4.69, 9.17) is 10.2 Å². The Balaban J connectivity index is 2.32. The van der Waals surface area contributed by atoms with E-state index in [-0.39, 0.29) is 5.54 Å². The van der Waals surface area contributed by atoms with Crippen molar-refractivity contribution in [1.29, 1.82) is 0 Å². The molecular weight excluding hydrogens is 188 g/mol. The zero-order chi connectivity index (χ0) is 11.3. The van der Waals surface area contributed by atoms with Gasteiger partial charge in [0.05, 0.1) is 6.54 Å². The van der Waals surface area contributed by atoms with Crippen molar-refractivity contribution in [2.45, 2.75) is 45.7 Å². The number of furan rings is 1. The summed E-state index contributed by atoms with van der Waals surface area (Å²) in [4.78, 5) is 0. The lowest BCUT2D eigenvalue weighted by molar-refractivity contribution is 0.358. The van der Waals surface area contributed by atoms with Crippen molar-refractivity contribution < 1.29 is 4.42 Å². The van der Waals surface area contributed by atoms with Gasteiger partial charge in [-0.05, 0) is 31.9 Å². The molecule has 0 fully saturated rings. The maximum Gasteiger partial charge on any atom is 0.117 e. The van der Waals surface area contributed by atoms with Crippen LogP contribution in [0.15, 0.2) is 16.5 Å². The van der Waals surface area contributed by atoms with Crippen LogP contribution in [0.2, 0.25) is 0 Å². The van der Waals surface area contributed by atoms with E-state index < -0.39 is 0 Å². The molecule has 0 radical (unpaired) electrons. The predicted octanol–water partition coefficient (Wildman–Crippen LogP) is 2.20. The van der Waals surface area contributed by atoms with Gasteiger partial charge in [0.15, 0.2) is 0 Å². The Kier molecular flexibility index (Phi) is 4.36. The molecule has 0 aliphatic rings. The van der Waals surface area contributed by atoms with Crippen LogP contribution in [0.25, 0.3) is 0 Å². The molecule has 1 aromatic heterocycles. The lowest BCUT2D eigenvalue weighted by atomic mass is 9.94. The Bertz CT molecular complexity index is 290. The number of rotatable bonds is 6. The van der Waals surface area contributed by atoms with Crippen molar-refractivity contribution in [3.8, 4) is 0 Å². The van der Waals surface area contributed by atoms with Gasteiger partial charge in [0.25, 0.3) is 0 Å². The largest absolute Gasteiger partial charge is 0.465 e. The second kappa shape index (κ2) is 5.33. The van der Waals surface area contributed by atoms with Crippen LogP contribution < -0.4 is 11.1 Å². The summed E-state index contributed by atoms with van der Waals surface area (Å²) in [5.41, 5.74) is 6.09. The number of nitrogens with two attached hydrogens (primary N) is 1. The highest BCUT2D eigenvalue weighted by Crippen LogP contribution is 2.10. The molecule has 0 spiro atoms. The van der Waals surface area contributed by atoms with E-state index in [0.717, 1.165) is 37.5 Å². The first-order valence-corrected chi connectivity index (χ1v) is 5.64. The summed E-state index contributed by atoms with van der Waals surface area (Å²) >= 11 is 0. The van der Waals surface area contributed by atoms with Crippen LogP contribution in [0.1, 0.15) is 38.2 Å². The zero-order valence-electron chi connectivity index (χ0n) is 9.97. The average molecular weight is 210 g/mol. The fourth-order valence-electron chi connectivity index (χ4n) is 1.51. The Morgan fingerprint density at radius 1 is 1.33 bits per heavy atom. The smallest absolute Gasteiger partial charge is 0.117 e. The Morgan fingerprint density at radius 3 is 2.47 bits per heavy atom. The maximum atomic E-state index is 6.17. The first-order valence-electron chi connectivity index (χ1n) is 5.64. The summed E-state index contributed by atoms with van der Waals surface area (Å²) in [5.74, 6) is 1.93. The lowest BCUT2D eigenvalue weighted by Crippen LogP contribution is -2.47. The van der Waals surface area contributed by atoms with Gasteiger partial charge >= 0.3 is 0 Å². The van der Waals surface area contributed by atoms with Crippen LogP contribution >= 0.6 is 0 Å². The van der Waals surface area contributed by atoms with E-state index >= 15 is 0 Å². The van der Waals surface area contributed by atoms with E-state index in [1.807, 2.05) is 19.1 Å². The molecule has 1 rings (SSSR count).